The van der Waals surface area contributed by atoms with Gasteiger partial charge in [0.15, 0.2) is 11.6 Å². The molecule has 0 aliphatic heterocycles. The number of aromatic nitrogens is 3. The van der Waals surface area contributed by atoms with Crippen molar-refractivity contribution in [3.05, 3.63) is 34.7 Å². The maximum absolute atomic E-state index is 13.9. The van der Waals surface area contributed by atoms with Crippen molar-refractivity contribution in [3.63, 3.8) is 0 Å². The lowest BCUT2D eigenvalue weighted by atomic mass is 9.97. The van der Waals surface area contributed by atoms with E-state index in [4.69, 9.17) is 5.73 Å². The van der Waals surface area contributed by atoms with Gasteiger partial charge in [-0.3, -0.25) is 4.98 Å². The molecule has 3 heterocycles. The number of nitrogen functional groups attached to an aromatic ring is 1. The number of nitrogens with two attached hydrogens (primary N) is 1. The largest absolute Gasteiger partial charge is 0.383 e. The van der Waals surface area contributed by atoms with Gasteiger partial charge in [-0.05, 0) is 37.3 Å². The Labute approximate surface area is 124 Å². The second-order valence-electron chi connectivity index (χ2n) is 5.18. The number of aryl methyl sites for hydroxylation is 2. The van der Waals surface area contributed by atoms with E-state index in [-0.39, 0.29) is 0 Å². The fourth-order valence-electron chi connectivity index (χ4n) is 2.86. The van der Waals surface area contributed by atoms with Gasteiger partial charge in [-0.1, -0.05) is 0 Å². The van der Waals surface area contributed by atoms with Crippen molar-refractivity contribution in [2.24, 2.45) is 0 Å². The third-order valence-corrected chi connectivity index (χ3v) is 5.04. The van der Waals surface area contributed by atoms with Crippen LogP contribution >= 0.6 is 11.3 Å². The fourth-order valence-corrected chi connectivity index (χ4v) is 4.13. The van der Waals surface area contributed by atoms with Gasteiger partial charge in [0.25, 0.3) is 0 Å². The molecule has 0 bridgehead atoms. The summed E-state index contributed by atoms with van der Waals surface area (Å²) >= 11 is 1.66. The minimum absolute atomic E-state index is 0.332. The third-order valence-electron chi connectivity index (χ3n) is 3.86. The summed E-state index contributed by atoms with van der Waals surface area (Å²) in [5, 5.41) is 0.966. The quantitative estimate of drug-likeness (QED) is 0.748. The first-order valence-corrected chi connectivity index (χ1v) is 7.73. The molecule has 0 fully saturated rings. The summed E-state index contributed by atoms with van der Waals surface area (Å²) in [6.45, 7) is 0. The molecular formula is C15H13FN4S. The Hall–Kier alpha value is -2.08. The number of thiophene rings is 1. The minimum atomic E-state index is -0.433. The molecule has 0 saturated carbocycles. The zero-order valence-electron chi connectivity index (χ0n) is 11.3. The van der Waals surface area contributed by atoms with E-state index in [1.807, 2.05) is 0 Å². The Morgan fingerprint density at radius 3 is 2.90 bits per heavy atom. The number of hydrogen-bond acceptors (Lipinski definition) is 5. The first kappa shape index (κ1) is 12.6. The van der Waals surface area contributed by atoms with Crippen LogP contribution in [0.1, 0.15) is 23.3 Å². The summed E-state index contributed by atoms with van der Waals surface area (Å²) in [7, 11) is 0. The molecule has 0 saturated heterocycles. The van der Waals surface area contributed by atoms with Crippen LogP contribution in [-0.4, -0.2) is 15.0 Å². The number of fused-ring (bicyclic) bond motifs is 3. The van der Waals surface area contributed by atoms with Gasteiger partial charge in [0.1, 0.15) is 10.6 Å². The topological polar surface area (TPSA) is 64.7 Å². The molecule has 6 heteroatoms. The van der Waals surface area contributed by atoms with Crippen LogP contribution in [0.4, 0.5) is 10.2 Å². The van der Waals surface area contributed by atoms with Crippen LogP contribution in [0.3, 0.4) is 0 Å². The second-order valence-corrected chi connectivity index (χ2v) is 6.26. The summed E-state index contributed by atoms with van der Waals surface area (Å²) in [5.74, 6) is 0.349. The van der Waals surface area contributed by atoms with Crippen LogP contribution in [0.15, 0.2) is 18.5 Å². The normalized spacial score (nSPS) is 14.3. The predicted molar refractivity (Wildman–Crippen MR) is 81.7 cm³/mol. The van der Waals surface area contributed by atoms with E-state index in [1.54, 1.807) is 17.4 Å². The smallest absolute Gasteiger partial charge is 0.166 e. The maximum atomic E-state index is 13.9. The second kappa shape index (κ2) is 4.73. The van der Waals surface area contributed by atoms with E-state index in [1.165, 1.54) is 35.7 Å². The lowest BCUT2D eigenvalue weighted by Crippen LogP contribution is -2.02. The van der Waals surface area contributed by atoms with Crippen molar-refractivity contribution in [2.75, 3.05) is 5.73 Å². The van der Waals surface area contributed by atoms with Crippen LogP contribution < -0.4 is 5.73 Å². The Kier molecular flexibility index (Phi) is 2.85. The maximum Gasteiger partial charge on any atom is 0.166 e. The Morgan fingerprint density at radius 2 is 2.05 bits per heavy atom. The zero-order valence-corrected chi connectivity index (χ0v) is 12.1. The van der Waals surface area contributed by atoms with Gasteiger partial charge in [0.2, 0.25) is 0 Å². The molecule has 0 atom stereocenters. The molecule has 1 aliphatic rings. The molecule has 4 nitrogen and oxygen atoms in total. The van der Waals surface area contributed by atoms with Crippen LogP contribution in [-0.2, 0) is 12.8 Å². The molecule has 0 radical (unpaired) electrons. The van der Waals surface area contributed by atoms with Gasteiger partial charge < -0.3 is 5.73 Å². The number of pyridine rings is 1. The highest BCUT2D eigenvalue weighted by Crippen LogP contribution is 2.38. The van der Waals surface area contributed by atoms with E-state index in [9.17, 15) is 4.39 Å². The van der Waals surface area contributed by atoms with Crippen molar-refractivity contribution in [1.82, 2.24) is 15.0 Å². The van der Waals surface area contributed by atoms with Crippen molar-refractivity contribution in [2.45, 2.75) is 25.7 Å². The van der Waals surface area contributed by atoms with Gasteiger partial charge in [-0.2, -0.15) is 0 Å². The predicted octanol–water partition coefficient (Wildman–Crippen LogP) is 3.35. The lowest BCUT2D eigenvalue weighted by Gasteiger charge is -2.10. The fraction of sp³-hybridized carbons (Fsp3) is 0.267. The molecule has 0 aromatic carbocycles. The van der Waals surface area contributed by atoms with E-state index in [0.29, 0.717) is 17.2 Å². The SMILES string of the molecule is Nc1nc(-c2ccncc2F)nc2sc3c(c12)CCCC3. The molecule has 106 valence electrons. The van der Waals surface area contributed by atoms with Gasteiger partial charge >= 0.3 is 0 Å². The molecule has 2 N–H and O–H groups in total. The molecule has 3 aromatic heterocycles. The van der Waals surface area contributed by atoms with Gasteiger partial charge in [0, 0.05) is 11.1 Å². The zero-order chi connectivity index (χ0) is 14.4. The van der Waals surface area contributed by atoms with Gasteiger partial charge in [-0.25, -0.2) is 14.4 Å². The Balaban J connectivity index is 1.96. The summed E-state index contributed by atoms with van der Waals surface area (Å²) in [6.07, 6.45) is 7.19. The molecular weight excluding hydrogens is 287 g/mol. The highest BCUT2D eigenvalue weighted by Gasteiger charge is 2.21. The summed E-state index contributed by atoms with van der Waals surface area (Å²) < 4.78 is 13.9. The van der Waals surface area contributed by atoms with E-state index >= 15 is 0 Å². The number of nitrogens with zero attached hydrogens (tertiary/aromatic N) is 3. The monoisotopic (exact) mass is 300 g/mol. The first-order valence-electron chi connectivity index (χ1n) is 6.91. The molecule has 0 spiro atoms. The van der Waals surface area contributed by atoms with E-state index in [2.05, 4.69) is 15.0 Å². The van der Waals surface area contributed by atoms with E-state index < -0.39 is 5.82 Å². The van der Waals surface area contributed by atoms with Crippen LogP contribution in [0.25, 0.3) is 21.6 Å². The lowest BCUT2D eigenvalue weighted by molar-refractivity contribution is 0.624. The van der Waals surface area contributed by atoms with Gasteiger partial charge in [-0.15, -0.1) is 11.3 Å². The summed E-state index contributed by atoms with van der Waals surface area (Å²) in [4.78, 5) is 14.8. The van der Waals surface area contributed by atoms with Crippen molar-refractivity contribution < 1.29 is 4.39 Å². The first-order chi connectivity index (χ1) is 10.2. The molecule has 1 aliphatic carbocycles. The molecule has 4 rings (SSSR count). The minimum Gasteiger partial charge on any atom is -0.383 e. The molecule has 0 amide bonds. The number of anilines is 1. The average molecular weight is 300 g/mol. The Morgan fingerprint density at radius 1 is 1.19 bits per heavy atom. The third kappa shape index (κ3) is 1.98. The van der Waals surface area contributed by atoms with Crippen LogP contribution in [0.2, 0.25) is 0 Å². The van der Waals surface area contributed by atoms with Crippen molar-refractivity contribution in [3.8, 4) is 11.4 Å². The molecule has 3 aromatic rings. The number of hydrogen-bond donors (Lipinski definition) is 1. The highest BCUT2D eigenvalue weighted by atomic mass is 32.1. The van der Waals surface area contributed by atoms with Crippen LogP contribution in [0, 0.1) is 5.82 Å². The highest BCUT2D eigenvalue weighted by molar-refractivity contribution is 7.19. The van der Waals surface area contributed by atoms with Crippen molar-refractivity contribution in [1.29, 1.82) is 0 Å². The standard InChI is InChI=1S/C15H13FN4S/c16-10-7-18-6-5-8(10)14-19-13(17)12-9-3-1-2-4-11(9)21-15(12)20-14/h5-7H,1-4H2,(H2,17,19,20). The molecule has 0 unspecified atom stereocenters. The number of rotatable bonds is 1. The number of halogens is 1. The summed E-state index contributed by atoms with van der Waals surface area (Å²) in [6, 6.07) is 1.57. The van der Waals surface area contributed by atoms with Gasteiger partial charge in [0.05, 0.1) is 17.1 Å². The Bertz CT molecular complexity index is 843. The van der Waals surface area contributed by atoms with Crippen molar-refractivity contribution >= 4 is 27.4 Å². The van der Waals surface area contributed by atoms with E-state index in [0.717, 1.165) is 23.1 Å². The van der Waals surface area contributed by atoms with Crippen LogP contribution in [0.5, 0.6) is 0 Å². The average Bonchev–Trinajstić information content (AvgIpc) is 2.86. The molecule has 21 heavy (non-hydrogen) atoms. The summed E-state index contributed by atoms with van der Waals surface area (Å²) in [5.41, 5.74) is 7.76.